The van der Waals surface area contributed by atoms with E-state index in [2.05, 4.69) is 20.6 Å². The number of nitrogens with one attached hydrogen (secondary N) is 2. The van der Waals surface area contributed by atoms with E-state index in [0.717, 1.165) is 11.1 Å². The second-order valence-corrected chi connectivity index (χ2v) is 9.45. The van der Waals surface area contributed by atoms with Crippen LogP contribution in [0, 0.1) is 6.92 Å². The summed E-state index contributed by atoms with van der Waals surface area (Å²) in [7, 11) is 0. The third-order valence-corrected chi connectivity index (χ3v) is 7.50. The van der Waals surface area contributed by atoms with Gasteiger partial charge < -0.3 is 32.1 Å². The summed E-state index contributed by atoms with van der Waals surface area (Å²) in [4.78, 5) is 49.5. The largest absolute Gasteiger partial charge is 0.386 e. The average Bonchev–Trinajstić information content (AvgIpc) is 3.43. The number of imide groups is 1. The van der Waals surface area contributed by atoms with Crippen LogP contribution >= 0.6 is 0 Å². The number of aliphatic hydroxyl groups is 1. The molecule has 3 amide bonds. The van der Waals surface area contributed by atoms with Gasteiger partial charge in [-0.2, -0.15) is 0 Å². The first-order valence-corrected chi connectivity index (χ1v) is 11.8. The smallest absolute Gasteiger partial charge is 0.251 e. The van der Waals surface area contributed by atoms with E-state index in [-0.39, 0.29) is 55.6 Å². The molecule has 7 N–H and O–H groups in total. The van der Waals surface area contributed by atoms with E-state index < -0.39 is 29.9 Å². The monoisotopic (exact) mass is 482 g/mol. The number of guanidine groups is 2. The molecule has 1 aromatic rings. The number of nitrogens with zero attached hydrogens (tertiary/aromatic N) is 4. The molecular formula is C23H30N8O4. The third-order valence-electron chi connectivity index (χ3n) is 7.50. The SMILES string of the molecule is CCc1c(C)cccc1C(=O)NC1CN2C(N)=NC(CN3C(=O)CCC3=O)C3N=C(N)NC32[C@@H]1O. The minimum Gasteiger partial charge on any atom is -0.386 e. The maximum absolute atomic E-state index is 13.2. The van der Waals surface area contributed by atoms with Gasteiger partial charge in [0.2, 0.25) is 11.8 Å². The fourth-order valence-corrected chi connectivity index (χ4v) is 5.83. The van der Waals surface area contributed by atoms with Crippen LogP contribution in [0.15, 0.2) is 28.2 Å². The Hall–Kier alpha value is -3.67. The van der Waals surface area contributed by atoms with Crippen molar-refractivity contribution < 1.29 is 19.5 Å². The van der Waals surface area contributed by atoms with Crippen molar-refractivity contribution in [3.8, 4) is 0 Å². The summed E-state index contributed by atoms with van der Waals surface area (Å²) >= 11 is 0. The fourth-order valence-electron chi connectivity index (χ4n) is 5.83. The molecule has 0 saturated carbocycles. The summed E-state index contributed by atoms with van der Waals surface area (Å²) < 4.78 is 0. The van der Waals surface area contributed by atoms with Crippen LogP contribution in [-0.4, -0.2) is 87.5 Å². The summed E-state index contributed by atoms with van der Waals surface area (Å²) in [5.74, 6) is -0.639. The van der Waals surface area contributed by atoms with Crippen molar-refractivity contribution in [2.45, 2.75) is 63.0 Å². The molecule has 12 nitrogen and oxygen atoms in total. The van der Waals surface area contributed by atoms with E-state index in [1.54, 1.807) is 11.0 Å². The average molecular weight is 483 g/mol. The van der Waals surface area contributed by atoms with Crippen LogP contribution in [0.5, 0.6) is 0 Å². The minimum atomic E-state index is -1.26. The predicted octanol–water partition coefficient (Wildman–Crippen LogP) is -1.84. The highest BCUT2D eigenvalue weighted by Crippen LogP contribution is 2.40. The Balaban J connectivity index is 1.43. The molecular weight excluding hydrogens is 452 g/mol. The zero-order chi connectivity index (χ0) is 25.1. The Bertz CT molecular complexity index is 1150. The van der Waals surface area contributed by atoms with Gasteiger partial charge in [-0.15, -0.1) is 0 Å². The van der Waals surface area contributed by atoms with Gasteiger partial charge in [-0.3, -0.25) is 19.3 Å². The van der Waals surface area contributed by atoms with Crippen molar-refractivity contribution in [2.75, 3.05) is 13.1 Å². The summed E-state index contributed by atoms with van der Waals surface area (Å²) in [6.45, 7) is 4.11. The molecule has 1 aromatic carbocycles. The van der Waals surface area contributed by atoms with Crippen LogP contribution in [0.1, 0.15) is 41.3 Å². The van der Waals surface area contributed by atoms with Gasteiger partial charge >= 0.3 is 0 Å². The molecule has 0 bridgehead atoms. The molecule has 4 heterocycles. The van der Waals surface area contributed by atoms with E-state index in [1.165, 1.54) is 4.90 Å². The summed E-state index contributed by atoms with van der Waals surface area (Å²) in [6, 6.07) is 3.43. The lowest BCUT2D eigenvalue weighted by Gasteiger charge is -2.46. The van der Waals surface area contributed by atoms with E-state index in [4.69, 9.17) is 11.5 Å². The van der Waals surface area contributed by atoms with Gasteiger partial charge in [0.05, 0.1) is 18.6 Å². The fraction of sp³-hybridized carbons (Fsp3) is 0.522. The number of aryl methyl sites for hydroxylation is 1. The van der Waals surface area contributed by atoms with E-state index in [0.29, 0.717) is 12.0 Å². The Kier molecular flexibility index (Phi) is 5.42. The number of hydrogen-bond acceptors (Lipinski definition) is 10. The predicted molar refractivity (Wildman–Crippen MR) is 127 cm³/mol. The number of hydrogen-bond donors (Lipinski definition) is 5. The quantitative estimate of drug-likeness (QED) is 0.304. The van der Waals surface area contributed by atoms with Gasteiger partial charge in [-0.05, 0) is 30.5 Å². The van der Waals surface area contributed by atoms with Crippen LogP contribution in [-0.2, 0) is 16.0 Å². The number of aliphatic hydroxyl groups excluding tert-OH is 1. The molecule has 1 spiro atoms. The highest BCUT2D eigenvalue weighted by molar-refractivity contribution is 6.02. The van der Waals surface area contributed by atoms with Crippen LogP contribution in [0.4, 0.5) is 0 Å². The van der Waals surface area contributed by atoms with Gasteiger partial charge in [0.1, 0.15) is 12.1 Å². The number of carbonyl (C=O) groups excluding carboxylic acids is 3. The lowest BCUT2D eigenvalue weighted by Crippen LogP contribution is -2.73. The zero-order valence-electron chi connectivity index (χ0n) is 19.7. The summed E-state index contributed by atoms with van der Waals surface area (Å²) in [5.41, 5.74) is 13.6. The number of aliphatic imine (C=N–C) groups is 2. The minimum absolute atomic E-state index is 0.00994. The van der Waals surface area contributed by atoms with Crippen LogP contribution in [0.2, 0.25) is 0 Å². The van der Waals surface area contributed by atoms with Crippen LogP contribution in [0.25, 0.3) is 0 Å². The molecule has 35 heavy (non-hydrogen) atoms. The van der Waals surface area contributed by atoms with Crippen LogP contribution < -0.4 is 22.1 Å². The first-order chi connectivity index (χ1) is 16.7. The molecule has 186 valence electrons. The highest BCUT2D eigenvalue weighted by atomic mass is 16.3. The number of benzene rings is 1. The zero-order valence-corrected chi connectivity index (χ0v) is 19.7. The van der Waals surface area contributed by atoms with E-state index in [9.17, 15) is 19.5 Å². The first kappa shape index (κ1) is 23.1. The molecule has 4 aliphatic heterocycles. The number of nitrogens with two attached hydrogens (primary N) is 2. The number of likely N-dealkylation sites (tertiary alicyclic amines) is 1. The first-order valence-electron chi connectivity index (χ1n) is 11.8. The van der Waals surface area contributed by atoms with Gasteiger partial charge in [0, 0.05) is 24.9 Å². The molecule has 12 heteroatoms. The normalized spacial score (nSPS) is 31.6. The maximum Gasteiger partial charge on any atom is 0.251 e. The Morgan fingerprint density at radius 2 is 1.97 bits per heavy atom. The topological polar surface area (TPSA) is 179 Å². The van der Waals surface area contributed by atoms with Gasteiger partial charge in [-0.1, -0.05) is 19.1 Å². The van der Waals surface area contributed by atoms with Crippen LogP contribution in [0.3, 0.4) is 0 Å². The molecule has 0 aromatic heterocycles. The molecule has 5 rings (SSSR count). The number of rotatable bonds is 5. The molecule has 4 unspecified atom stereocenters. The molecule has 4 aliphatic rings. The second kappa shape index (κ2) is 8.22. The lowest BCUT2D eigenvalue weighted by molar-refractivity contribution is -0.138. The Labute approximate surface area is 202 Å². The summed E-state index contributed by atoms with van der Waals surface area (Å²) in [5, 5.41) is 17.6. The van der Waals surface area contributed by atoms with E-state index in [1.807, 2.05) is 26.0 Å². The molecule has 0 radical (unpaired) electrons. The van der Waals surface area contributed by atoms with Crippen molar-refractivity contribution >= 4 is 29.6 Å². The van der Waals surface area contributed by atoms with Crippen molar-refractivity contribution in [3.05, 3.63) is 34.9 Å². The van der Waals surface area contributed by atoms with E-state index >= 15 is 0 Å². The summed E-state index contributed by atoms with van der Waals surface area (Å²) in [6.07, 6.45) is -0.142. The lowest BCUT2D eigenvalue weighted by atomic mass is 9.87. The Morgan fingerprint density at radius 3 is 2.66 bits per heavy atom. The van der Waals surface area contributed by atoms with Gasteiger partial charge in [0.15, 0.2) is 17.6 Å². The van der Waals surface area contributed by atoms with Crippen molar-refractivity contribution in [2.24, 2.45) is 21.5 Å². The van der Waals surface area contributed by atoms with Crippen molar-refractivity contribution in [3.63, 3.8) is 0 Å². The van der Waals surface area contributed by atoms with Gasteiger partial charge in [-0.25, -0.2) is 9.98 Å². The molecule has 0 aliphatic carbocycles. The highest BCUT2D eigenvalue weighted by Gasteiger charge is 2.65. The molecule has 5 atom stereocenters. The Morgan fingerprint density at radius 1 is 1.26 bits per heavy atom. The number of carbonyl (C=O) groups is 3. The number of amides is 3. The second-order valence-electron chi connectivity index (χ2n) is 9.45. The van der Waals surface area contributed by atoms with Gasteiger partial charge in [0.25, 0.3) is 5.91 Å². The molecule has 2 fully saturated rings. The third kappa shape index (κ3) is 3.42. The van der Waals surface area contributed by atoms with Crippen molar-refractivity contribution in [1.29, 1.82) is 0 Å². The van der Waals surface area contributed by atoms with Crippen molar-refractivity contribution in [1.82, 2.24) is 20.4 Å². The standard InChI is InChI=1S/C23H30N8O4/c1-3-12-11(2)5-4-6-13(12)20(35)26-15-10-31-22(25)27-14(9-30-16(32)7-8-17(30)33)18-23(31,19(15)34)29-21(24)28-18/h4-6,14-15,18-19,34H,3,7-10H2,1-2H3,(H2,25,27)(H,26,35)(H3,24,28,29)/t14?,15?,18?,19-,23?/m1/s1. The maximum atomic E-state index is 13.2. The molecule has 2 saturated heterocycles.